The maximum absolute atomic E-state index is 11.0. The average Bonchev–Trinajstić information content (AvgIpc) is 2.31. The molecule has 0 saturated heterocycles. The fourth-order valence-corrected chi connectivity index (χ4v) is 1.36. The van der Waals surface area contributed by atoms with Crippen molar-refractivity contribution >= 4 is 11.9 Å². The molecule has 0 aliphatic rings. The average molecular weight is 218 g/mol. The first kappa shape index (κ1) is 12.2. The van der Waals surface area contributed by atoms with Gasteiger partial charge in [0, 0.05) is 6.08 Å². The summed E-state index contributed by atoms with van der Waals surface area (Å²) in [6.45, 7) is 0. The third-order valence-electron chi connectivity index (χ3n) is 2.26. The van der Waals surface area contributed by atoms with Gasteiger partial charge in [0.2, 0.25) is 0 Å². The van der Waals surface area contributed by atoms with Crippen LogP contribution in [0, 0.1) is 0 Å². The number of rotatable bonds is 5. The molecule has 0 aliphatic carbocycles. The van der Waals surface area contributed by atoms with Crippen molar-refractivity contribution in [3.05, 3.63) is 41.5 Å². The minimum absolute atomic E-state index is 0.239. The summed E-state index contributed by atoms with van der Waals surface area (Å²) in [6.07, 6.45) is 3.28. The highest BCUT2D eigenvalue weighted by molar-refractivity contribution is 5.72. The number of benzene rings is 1. The van der Waals surface area contributed by atoms with Gasteiger partial charge in [0.05, 0.1) is 13.5 Å². The second-order valence-corrected chi connectivity index (χ2v) is 3.43. The predicted molar refractivity (Wildman–Crippen MR) is 60.7 cm³/mol. The Morgan fingerprint density at radius 3 is 2.50 bits per heavy atom. The lowest BCUT2D eigenvalue weighted by Gasteiger charge is -2.02. The standard InChI is InChI=1S/C13H14O3/c1-16-13(15)10-12-7-5-11(6-8-12)4-2-3-9-14/h3,5-8H,2,4,10H2,1H3. The van der Waals surface area contributed by atoms with Crippen LogP contribution in [0.2, 0.25) is 0 Å². The van der Waals surface area contributed by atoms with Gasteiger partial charge in [-0.2, -0.15) is 0 Å². The molecular weight excluding hydrogens is 204 g/mol. The van der Waals surface area contributed by atoms with E-state index in [2.05, 4.69) is 4.74 Å². The van der Waals surface area contributed by atoms with E-state index in [9.17, 15) is 9.59 Å². The quantitative estimate of drug-likeness (QED) is 0.558. The molecule has 0 aliphatic heterocycles. The maximum Gasteiger partial charge on any atom is 0.309 e. The Morgan fingerprint density at radius 1 is 1.31 bits per heavy atom. The van der Waals surface area contributed by atoms with E-state index >= 15 is 0 Å². The van der Waals surface area contributed by atoms with Crippen LogP contribution in [0.15, 0.2) is 30.3 Å². The SMILES string of the molecule is COC(=O)Cc1ccc(CCC=C=O)cc1. The monoisotopic (exact) mass is 218 g/mol. The van der Waals surface area contributed by atoms with Gasteiger partial charge >= 0.3 is 5.97 Å². The smallest absolute Gasteiger partial charge is 0.309 e. The number of aryl methyl sites for hydroxylation is 1. The molecule has 3 heteroatoms. The van der Waals surface area contributed by atoms with Crippen LogP contribution in [0.3, 0.4) is 0 Å². The first-order chi connectivity index (χ1) is 7.76. The molecule has 0 heterocycles. The van der Waals surface area contributed by atoms with Crippen molar-refractivity contribution in [1.29, 1.82) is 0 Å². The summed E-state index contributed by atoms with van der Waals surface area (Å²) >= 11 is 0. The van der Waals surface area contributed by atoms with E-state index in [4.69, 9.17) is 0 Å². The zero-order valence-corrected chi connectivity index (χ0v) is 9.23. The Balaban J connectivity index is 2.53. The van der Waals surface area contributed by atoms with Crippen LogP contribution < -0.4 is 0 Å². The highest BCUT2D eigenvalue weighted by Crippen LogP contribution is 2.08. The first-order valence-electron chi connectivity index (χ1n) is 5.10. The van der Waals surface area contributed by atoms with Crippen molar-refractivity contribution in [1.82, 2.24) is 0 Å². The topological polar surface area (TPSA) is 43.4 Å². The summed E-state index contributed by atoms with van der Waals surface area (Å²) in [4.78, 5) is 21.0. The lowest BCUT2D eigenvalue weighted by Crippen LogP contribution is -2.04. The number of hydrogen-bond acceptors (Lipinski definition) is 3. The molecule has 0 atom stereocenters. The Hall–Kier alpha value is -1.86. The second kappa shape index (κ2) is 6.59. The number of carbonyl (C=O) groups excluding carboxylic acids is 2. The number of carbonyl (C=O) groups is 1. The molecule has 3 nitrogen and oxygen atoms in total. The third kappa shape index (κ3) is 4.11. The van der Waals surface area contributed by atoms with Gasteiger partial charge in [-0.15, -0.1) is 0 Å². The molecular formula is C13H14O3. The number of allylic oxidation sites excluding steroid dienone is 1. The van der Waals surface area contributed by atoms with Gasteiger partial charge in [-0.1, -0.05) is 24.3 Å². The molecule has 0 fully saturated rings. The normalized spacial score (nSPS) is 9.31. The van der Waals surface area contributed by atoms with E-state index in [1.807, 2.05) is 24.3 Å². The molecule has 0 saturated carbocycles. The summed E-state index contributed by atoms with van der Waals surface area (Å²) < 4.78 is 4.58. The summed E-state index contributed by atoms with van der Waals surface area (Å²) in [7, 11) is 1.38. The summed E-state index contributed by atoms with van der Waals surface area (Å²) in [5.41, 5.74) is 2.07. The number of esters is 1. The molecule has 0 N–H and O–H groups in total. The molecule has 16 heavy (non-hydrogen) atoms. The fourth-order valence-electron chi connectivity index (χ4n) is 1.36. The van der Waals surface area contributed by atoms with E-state index in [1.54, 1.807) is 5.94 Å². The maximum atomic E-state index is 11.0. The van der Waals surface area contributed by atoms with Gasteiger partial charge in [0.1, 0.15) is 5.94 Å². The minimum Gasteiger partial charge on any atom is -0.469 e. The van der Waals surface area contributed by atoms with Gasteiger partial charge < -0.3 is 4.74 Å². The first-order valence-corrected chi connectivity index (χ1v) is 5.10. The zero-order valence-electron chi connectivity index (χ0n) is 9.23. The Labute approximate surface area is 94.7 Å². The molecule has 1 aromatic rings. The van der Waals surface area contributed by atoms with Gasteiger partial charge in [-0.25, -0.2) is 4.79 Å². The van der Waals surface area contributed by atoms with Gasteiger partial charge in [-0.3, -0.25) is 4.79 Å². The lowest BCUT2D eigenvalue weighted by molar-refractivity contribution is -0.139. The van der Waals surface area contributed by atoms with Crippen LogP contribution in [0.25, 0.3) is 0 Å². The molecule has 0 amide bonds. The van der Waals surface area contributed by atoms with E-state index in [0.717, 1.165) is 17.5 Å². The van der Waals surface area contributed by atoms with Gasteiger partial charge in [0.25, 0.3) is 0 Å². The van der Waals surface area contributed by atoms with Crippen molar-refractivity contribution in [3.8, 4) is 0 Å². The Kier molecular flexibility index (Phi) is 5.03. The second-order valence-electron chi connectivity index (χ2n) is 3.43. The van der Waals surface area contributed by atoms with Crippen LogP contribution in [-0.4, -0.2) is 19.0 Å². The third-order valence-corrected chi connectivity index (χ3v) is 2.26. The van der Waals surface area contributed by atoms with Crippen molar-refractivity contribution < 1.29 is 14.3 Å². The largest absolute Gasteiger partial charge is 0.469 e. The van der Waals surface area contributed by atoms with E-state index < -0.39 is 0 Å². The van der Waals surface area contributed by atoms with Crippen molar-refractivity contribution in [2.24, 2.45) is 0 Å². The van der Waals surface area contributed by atoms with Crippen LogP contribution in [-0.2, 0) is 27.2 Å². The Bertz CT molecular complexity index is 386. The molecule has 0 unspecified atom stereocenters. The van der Waals surface area contributed by atoms with E-state index in [-0.39, 0.29) is 5.97 Å². The highest BCUT2D eigenvalue weighted by Gasteiger charge is 2.02. The van der Waals surface area contributed by atoms with Crippen molar-refractivity contribution in [2.75, 3.05) is 7.11 Å². The van der Waals surface area contributed by atoms with Gasteiger partial charge in [0.15, 0.2) is 0 Å². The Morgan fingerprint density at radius 2 is 1.94 bits per heavy atom. The summed E-state index contributed by atoms with van der Waals surface area (Å²) in [6, 6.07) is 7.71. The molecule has 0 spiro atoms. The highest BCUT2D eigenvalue weighted by atomic mass is 16.5. The molecule has 0 bridgehead atoms. The van der Waals surface area contributed by atoms with Crippen molar-refractivity contribution in [2.45, 2.75) is 19.3 Å². The van der Waals surface area contributed by atoms with Crippen LogP contribution in [0.4, 0.5) is 0 Å². The van der Waals surface area contributed by atoms with Crippen LogP contribution in [0.1, 0.15) is 17.5 Å². The molecule has 84 valence electrons. The lowest BCUT2D eigenvalue weighted by atomic mass is 10.1. The van der Waals surface area contributed by atoms with E-state index in [0.29, 0.717) is 12.8 Å². The van der Waals surface area contributed by atoms with Crippen LogP contribution in [0.5, 0.6) is 0 Å². The number of methoxy groups -OCH3 is 1. The molecule has 0 aromatic heterocycles. The fraction of sp³-hybridized carbons (Fsp3) is 0.308. The summed E-state index contributed by atoms with van der Waals surface area (Å²) in [5, 5.41) is 0. The molecule has 1 aromatic carbocycles. The minimum atomic E-state index is -0.239. The summed E-state index contributed by atoms with van der Waals surface area (Å²) in [5.74, 6) is 1.51. The van der Waals surface area contributed by atoms with E-state index in [1.165, 1.54) is 13.2 Å². The number of ether oxygens (including phenoxy) is 1. The zero-order chi connectivity index (χ0) is 11.8. The number of hydrogen-bond donors (Lipinski definition) is 0. The molecule has 1 rings (SSSR count). The van der Waals surface area contributed by atoms with Crippen molar-refractivity contribution in [3.63, 3.8) is 0 Å². The van der Waals surface area contributed by atoms with Crippen LogP contribution >= 0.6 is 0 Å². The molecule has 0 radical (unpaired) electrons. The van der Waals surface area contributed by atoms with Gasteiger partial charge in [-0.05, 0) is 24.0 Å². The predicted octanol–water partition coefficient (Wildman–Crippen LogP) is 1.72.